The van der Waals surface area contributed by atoms with Gasteiger partial charge in [0.2, 0.25) is 5.91 Å². The number of ether oxygens (including phenoxy) is 1. The van der Waals surface area contributed by atoms with E-state index in [0.29, 0.717) is 19.6 Å². The fourth-order valence-electron chi connectivity index (χ4n) is 3.51. The molecular formula is C22H23N3O2. The van der Waals surface area contributed by atoms with Gasteiger partial charge in [-0.05, 0) is 54.4 Å². The fraction of sp³-hybridized carbons (Fsp3) is 0.273. The molecule has 1 fully saturated rings. The van der Waals surface area contributed by atoms with Gasteiger partial charge in [-0.1, -0.05) is 12.1 Å². The summed E-state index contributed by atoms with van der Waals surface area (Å²) >= 11 is 0. The van der Waals surface area contributed by atoms with E-state index >= 15 is 0 Å². The summed E-state index contributed by atoms with van der Waals surface area (Å²) in [6.07, 6.45) is 0. The molecule has 0 saturated carbocycles. The molecule has 1 aromatic heterocycles. The molecule has 1 N–H and O–H groups in total. The van der Waals surface area contributed by atoms with Gasteiger partial charge in [-0.2, -0.15) is 0 Å². The van der Waals surface area contributed by atoms with Crippen LogP contribution in [0.25, 0.3) is 22.2 Å². The van der Waals surface area contributed by atoms with Crippen molar-refractivity contribution in [3.05, 3.63) is 59.7 Å². The predicted octanol–water partition coefficient (Wildman–Crippen LogP) is 3.15. The summed E-state index contributed by atoms with van der Waals surface area (Å²) in [4.78, 5) is 18.9. The standard InChI is InChI=1S/C22H23N3O2/c1-15-3-4-17-12-18(13-25-10-9-23-21(26)14-25)22(24-20(17)11-15)16-5-7-19(27-2)8-6-16/h3-8,11-12H,9-10,13-14H2,1-2H3,(H,23,26). The summed E-state index contributed by atoms with van der Waals surface area (Å²) in [6, 6.07) is 16.5. The van der Waals surface area contributed by atoms with Crippen LogP contribution >= 0.6 is 0 Å². The number of carbonyl (C=O) groups excluding carboxylic acids is 1. The first-order valence-electron chi connectivity index (χ1n) is 9.16. The number of nitrogens with one attached hydrogen (secondary N) is 1. The van der Waals surface area contributed by atoms with Crippen LogP contribution in [0.15, 0.2) is 48.5 Å². The summed E-state index contributed by atoms with van der Waals surface area (Å²) in [5.41, 5.74) is 5.32. The molecule has 1 saturated heterocycles. The largest absolute Gasteiger partial charge is 0.497 e. The van der Waals surface area contributed by atoms with Gasteiger partial charge in [0.25, 0.3) is 0 Å². The molecule has 138 valence electrons. The van der Waals surface area contributed by atoms with Crippen molar-refractivity contribution in [2.24, 2.45) is 0 Å². The Morgan fingerprint density at radius 2 is 1.96 bits per heavy atom. The third-order valence-corrected chi connectivity index (χ3v) is 4.93. The zero-order valence-electron chi connectivity index (χ0n) is 15.7. The third kappa shape index (κ3) is 3.78. The van der Waals surface area contributed by atoms with Crippen LogP contribution in [0.1, 0.15) is 11.1 Å². The van der Waals surface area contributed by atoms with Crippen molar-refractivity contribution in [1.82, 2.24) is 15.2 Å². The minimum atomic E-state index is 0.0802. The zero-order valence-corrected chi connectivity index (χ0v) is 15.7. The number of carbonyl (C=O) groups is 1. The lowest BCUT2D eigenvalue weighted by atomic mass is 10.0. The average molecular weight is 361 g/mol. The van der Waals surface area contributed by atoms with E-state index in [1.165, 1.54) is 5.56 Å². The van der Waals surface area contributed by atoms with Crippen molar-refractivity contribution in [3.63, 3.8) is 0 Å². The first-order valence-corrected chi connectivity index (χ1v) is 9.16. The van der Waals surface area contributed by atoms with Gasteiger partial charge in [0.05, 0.1) is 24.9 Å². The van der Waals surface area contributed by atoms with Crippen molar-refractivity contribution in [3.8, 4) is 17.0 Å². The summed E-state index contributed by atoms with van der Waals surface area (Å²) < 4.78 is 5.28. The van der Waals surface area contributed by atoms with E-state index in [1.54, 1.807) is 7.11 Å². The predicted molar refractivity (Wildman–Crippen MR) is 107 cm³/mol. The highest BCUT2D eigenvalue weighted by molar-refractivity contribution is 5.84. The van der Waals surface area contributed by atoms with Crippen LogP contribution in [-0.4, -0.2) is 42.5 Å². The number of benzene rings is 2. The topological polar surface area (TPSA) is 54.5 Å². The number of hydrogen-bond donors (Lipinski definition) is 1. The molecule has 5 heteroatoms. The number of nitrogens with zero attached hydrogens (tertiary/aromatic N) is 2. The van der Waals surface area contributed by atoms with Crippen LogP contribution < -0.4 is 10.1 Å². The molecule has 1 aliphatic heterocycles. The number of piperazine rings is 1. The molecule has 0 bridgehead atoms. The van der Waals surface area contributed by atoms with Gasteiger partial charge in [-0.25, -0.2) is 4.98 Å². The normalized spacial score (nSPS) is 15.0. The Kier molecular flexibility index (Phi) is 4.77. The van der Waals surface area contributed by atoms with E-state index in [-0.39, 0.29) is 5.91 Å². The average Bonchev–Trinajstić information content (AvgIpc) is 2.68. The highest BCUT2D eigenvalue weighted by Crippen LogP contribution is 2.29. The van der Waals surface area contributed by atoms with Crippen molar-refractivity contribution < 1.29 is 9.53 Å². The Balaban J connectivity index is 1.78. The molecule has 0 radical (unpaired) electrons. The van der Waals surface area contributed by atoms with Crippen molar-refractivity contribution in [1.29, 1.82) is 0 Å². The van der Waals surface area contributed by atoms with Crippen LogP contribution in [0, 0.1) is 6.92 Å². The van der Waals surface area contributed by atoms with Gasteiger partial charge >= 0.3 is 0 Å². The van der Waals surface area contributed by atoms with E-state index in [1.807, 2.05) is 24.3 Å². The van der Waals surface area contributed by atoms with Gasteiger partial charge in [-0.15, -0.1) is 0 Å². The maximum absolute atomic E-state index is 11.8. The lowest BCUT2D eigenvalue weighted by Gasteiger charge is -2.27. The maximum Gasteiger partial charge on any atom is 0.234 e. The Hall–Kier alpha value is -2.92. The fourth-order valence-corrected chi connectivity index (χ4v) is 3.51. The molecule has 5 nitrogen and oxygen atoms in total. The van der Waals surface area contributed by atoms with Crippen molar-refractivity contribution in [2.45, 2.75) is 13.5 Å². The van der Waals surface area contributed by atoms with E-state index in [0.717, 1.165) is 40.0 Å². The number of rotatable bonds is 4. The Morgan fingerprint density at radius 3 is 2.70 bits per heavy atom. The van der Waals surface area contributed by atoms with Gasteiger partial charge in [-0.3, -0.25) is 9.69 Å². The molecule has 0 atom stereocenters. The molecule has 27 heavy (non-hydrogen) atoms. The molecule has 1 aliphatic rings. The molecular weight excluding hydrogens is 338 g/mol. The summed E-state index contributed by atoms with van der Waals surface area (Å²) in [5.74, 6) is 0.904. The number of aromatic nitrogens is 1. The second-order valence-electron chi connectivity index (χ2n) is 6.98. The molecule has 0 spiro atoms. The molecule has 0 aliphatic carbocycles. The highest BCUT2D eigenvalue weighted by Gasteiger charge is 2.19. The number of aryl methyl sites for hydroxylation is 1. The lowest BCUT2D eigenvalue weighted by molar-refractivity contribution is -0.124. The van der Waals surface area contributed by atoms with Gasteiger partial charge in [0.1, 0.15) is 5.75 Å². The summed E-state index contributed by atoms with van der Waals surface area (Å²) in [6.45, 7) is 4.74. The van der Waals surface area contributed by atoms with Gasteiger partial charge in [0.15, 0.2) is 0 Å². The van der Waals surface area contributed by atoms with Crippen molar-refractivity contribution >= 4 is 16.8 Å². The summed E-state index contributed by atoms with van der Waals surface area (Å²) in [5, 5.41) is 4.00. The maximum atomic E-state index is 11.8. The Bertz CT molecular complexity index is 983. The molecule has 3 aromatic rings. The van der Waals surface area contributed by atoms with Crippen LogP contribution in [0.4, 0.5) is 0 Å². The smallest absolute Gasteiger partial charge is 0.234 e. The molecule has 2 heterocycles. The monoisotopic (exact) mass is 361 g/mol. The number of amides is 1. The lowest BCUT2D eigenvalue weighted by Crippen LogP contribution is -2.47. The van der Waals surface area contributed by atoms with Crippen LogP contribution in [0.2, 0.25) is 0 Å². The minimum absolute atomic E-state index is 0.0802. The second kappa shape index (κ2) is 7.37. The van der Waals surface area contributed by atoms with E-state index < -0.39 is 0 Å². The zero-order chi connectivity index (χ0) is 18.8. The summed E-state index contributed by atoms with van der Waals surface area (Å²) in [7, 11) is 1.67. The molecule has 1 amide bonds. The second-order valence-corrected chi connectivity index (χ2v) is 6.98. The Morgan fingerprint density at radius 1 is 1.15 bits per heavy atom. The minimum Gasteiger partial charge on any atom is -0.497 e. The van der Waals surface area contributed by atoms with Crippen LogP contribution in [-0.2, 0) is 11.3 Å². The van der Waals surface area contributed by atoms with Gasteiger partial charge in [0, 0.05) is 30.6 Å². The van der Waals surface area contributed by atoms with Crippen molar-refractivity contribution in [2.75, 3.05) is 26.7 Å². The molecule has 4 rings (SSSR count). The quantitative estimate of drug-likeness (QED) is 0.776. The Labute approximate surface area is 159 Å². The first-order chi connectivity index (χ1) is 13.1. The number of hydrogen-bond acceptors (Lipinski definition) is 4. The SMILES string of the molecule is COc1ccc(-c2nc3cc(C)ccc3cc2CN2CCNC(=O)C2)cc1. The van der Waals surface area contributed by atoms with E-state index in [4.69, 9.17) is 9.72 Å². The molecule has 0 unspecified atom stereocenters. The highest BCUT2D eigenvalue weighted by atomic mass is 16.5. The number of fused-ring (bicyclic) bond motifs is 1. The van der Waals surface area contributed by atoms with E-state index in [2.05, 4.69) is 41.4 Å². The van der Waals surface area contributed by atoms with Crippen LogP contribution in [0.3, 0.4) is 0 Å². The first kappa shape index (κ1) is 17.5. The number of pyridine rings is 1. The van der Waals surface area contributed by atoms with Gasteiger partial charge < -0.3 is 10.1 Å². The van der Waals surface area contributed by atoms with Crippen LogP contribution in [0.5, 0.6) is 5.75 Å². The van der Waals surface area contributed by atoms with E-state index in [9.17, 15) is 4.79 Å². The molecule has 2 aromatic carbocycles. The number of methoxy groups -OCH3 is 1. The third-order valence-electron chi connectivity index (χ3n) is 4.93.